The number of nitrogens with one attached hydrogen (secondary N) is 2. The molecule has 2 aromatic rings. The van der Waals surface area contributed by atoms with E-state index >= 15 is 0 Å². The average molecular weight is 281 g/mol. The molecule has 0 bridgehead atoms. The van der Waals surface area contributed by atoms with E-state index in [-0.39, 0.29) is 28.7 Å². The maximum Gasteiger partial charge on any atom is 0.287 e. The molecule has 19 heavy (non-hydrogen) atoms. The monoisotopic (exact) mass is 280 g/mol. The number of nitrogens with zero attached hydrogens (tertiary/aromatic N) is 2. The van der Waals surface area contributed by atoms with Gasteiger partial charge in [-0.2, -0.15) is 0 Å². The van der Waals surface area contributed by atoms with Gasteiger partial charge >= 0.3 is 0 Å². The minimum atomic E-state index is -0.603. The van der Waals surface area contributed by atoms with Gasteiger partial charge in [0.25, 0.3) is 11.6 Å². The Morgan fingerprint density at radius 1 is 1.53 bits per heavy atom. The Balaban J connectivity index is 2.07. The summed E-state index contributed by atoms with van der Waals surface area (Å²) in [6, 6.07) is 3.82. The largest absolute Gasteiger partial charge is 0.347 e. The fourth-order valence-electron chi connectivity index (χ4n) is 1.46. The summed E-state index contributed by atoms with van der Waals surface area (Å²) < 4.78 is 0. The third kappa shape index (κ3) is 3.08. The second kappa shape index (κ2) is 5.49. The standard InChI is InChI=1S/C11H9ClN4O3/c12-9-3-7(1-2-10(9)16(18)19)11(17)14-5-8-4-13-6-15-8/h1-4,6H,5H2,(H,13,15)(H,14,17). The lowest BCUT2D eigenvalue weighted by Gasteiger charge is -2.04. The molecule has 0 radical (unpaired) electrons. The molecular formula is C11H9ClN4O3. The molecule has 0 saturated carbocycles. The number of nitro groups is 1. The van der Waals surface area contributed by atoms with Crippen molar-refractivity contribution in [2.45, 2.75) is 6.54 Å². The second-order valence-electron chi connectivity index (χ2n) is 3.68. The number of carbonyl (C=O) groups is 1. The summed E-state index contributed by atoms with van der Waals surface area (Å²) >= 11 is 5.73. The van der Waals surface area contributed by atoms with Gasteiger partial charge in [-0.05, 0) is 12.1 Å². The lowest BCUT2D eigenvalue weighted by atomic mass is 10.2. The summed E-state index contributed by atoms with van der Waals surface area (Å²) in [5.41, 5.74) is 0.781. The molecule has 0 aliphatic rings. The molecule has 1 aromatic carbocycles. The van der Waals surface area contributed by atoms with Crippen LogP contribution in [0.4, 0.5) is 5.69 Å². The maximum atomic E-state index is 11.8. The quantitative estimate of drug-likeness (QED) is 0.659. The number of hydrogen-bond donors (Lipinski definition) is 2. The number of H-pyrrole nitrogens is 1. The van der Waals surface area contributed by atoms with Crippen molar-refractivity contribution >= 4 is 23.2 Å². The van der Waals surface area contributed by atoms with Gasteiger partial charge in [0.1, 0.15) is 5.02 Å². The normalized spacial score (nSPS) is 10.2. The van der Waals surface area contributed by atoms with Crippen LogP contribution in [0.15, 0.2) is 30.7 Å². The molecule has 0 aliphatic carbocycles. The molecule has 0 aliphatic heterocycles. The van der Waals surface area contributed by atoms with Crippen LogP contribution in [0.1, 0.15) is 16.1 Å². The summed E-state index contributed by atoms with van der Waals surface area (Å²) in [5.74, 6) is -0.369. The Hall–Kier alpha value is -2.41. The number of imidazole rings is 1. The van der Waals surface area contributed by atoms with E-state index in [1.807, 2.05) is 0 Å². The van der Waals surface area contributed by atoms with Crippen molar-refractivity contribution < 1.29 is 9.72 Å². The zero-order valence-corrected chi connectivity index (χ0v) is 10.3. The molecule has 1 amide bonds. The molecular weight excluding hydrogens is 272 g/mol. The van der Waals surface area contributed by atoms with E-state index in [0.717, 1.165) is 5.69 Å². The van der Waals surface area contributed by atoms with Crippen LogP contribution in [0.2, 0.25) is 5.02 Å². The molecule has 2 rings (SSSR count). The van der Waals surface area contributed by atoms with E-state index in [9.17, 15) is 14.9 Å². The number of aromatic amines is 1. The fraction of sp³-hybridized carbons (Fsp3) is 0.0909. The lowest BCUT2D eigenvalue weighted by Crippen LogP contribution is -2.22. The van der Waals surface area contributed by atoms with Crippen LogP contribution in [0.25, 0.3) is 0 Å². The summed E-state index contributed by atoms with van der Waals surface area (Å²) in [4.78, 5) is 28.4. The van der Waals surface area contributed by atoms with Crippen molar-refractivity contribution in [1.29, 1.82) is 0 Å². The minimum Gasteiger partial charge on any atom is -0.347 e. The molecule has 7 nitrogen and oxygen atoms in total. The first kappa shape index (κ1) is 13.0. The van der Waals surface area contributed by atoms with E-state index < -0.39 is 4.92 Å². The molecule has 1 aromatic heterocycles. The van der Waals surface area contributed by atoms with Gasteiger partial charge in [-0.3, -0.25) is 14.9 Å². The van der Waals surface area contributed by atoms with E-state index in [0.29, 0.717) is 0 Å². The van der Waals surface area contributed by atoms with Gasteiger partial charge < -0.3 is 10.3 Å². The molecule has 0 unspecified atom stereocenters. The van der Waals surface area contributed by atoms with Gasteiger partial charge in [0.05, 0.1) is 23.5 Å². The summed E-state index contributed by atoms with van der Waals surface area (Å²) in [6.45, 7) is 0.285. The van der Waals surface area contributed by atoms with E-state index in [2.05, 4.69) is 15.3 Å². The molecule has 1 heterocycles. The topological polar surface area (TPSA) is 101 Å². The highest BCUT2D eigenvalue weighted by Crippen LogP contribution is 2.24. The summed E-state index contributed by atoms with van der Waals surface area (Å²) in [5, 5.41) is 13.2. The highest BCUT2D eigenvalue weighted by molar-refractivity contribution is 6.33. The van der Waals surface area contributed by atoms with Crippen LogP contribution in [0, 0.1) is 10.1 Å². The van der Waals surface area contributed by atoms with E-state index in [1.54, 1.807) is 6.20 Å². The third-order valence-electron chi connectivity index (χ3n) is 2.40. The third-order valence-corrected chi connectivity index (χ3v) is 2.70. The van der Waals surface area contributed by atoms with Gasteiger partial charge in [-0.25, -0.2) is 4.98 Å². The zero-order valence-electron chi connectivity index (χ0n) is 9.59. The Bertz CT molecular complexity index is 612. The van der Waals surface area contributed by atoms with Crippen molar-refractivity contribution in [3.63, 3.8) is 0 Å². The van der Waals surface area contributed by atoms with Crippen molar-refractivity contribution in [1.82, 2.24) is 15.3 Å². The fourth-order valence-corrected chi connectivity index (χ4v) is 1.70. The maximum absolute atomic E-state index is 11.8. The molecule has 2 N–H and O–H groups in total. The first-order chi connectivity index (χ1) is 9.08. The second-order valence-corrected chi connectivity index (χ2v) is 4.09. The molecule has 8 heteroatoms. The van der Waals surface area contributed by atoms with Crippen LogP contribution in [0.5, 0.6) is 0 Å². The van der Waals surface area contributed by atoms with Crippen LogP contribution in [0.3, 0.4) is 0 Å². The van der Waals surface area contributed by atoms with Crippen LogP contribution in [-0.4, -0.2) is 20.8 Å². The molecule has 0 atom stereocenters. The first-order valence-electron chi connectivity index (χ1n) is 5.27. The predicted molar refractivity (Wildman–Crippen MR) is 67.9 cm³/mol. The van der Waals surface area contributed by atoms with Gasteiger partial charge in [0.2, 0.25) is 0 Å². The Kier molecular flexibility index (Phi) is 3.76. The van der Waals surface area contributed by atoms with Crippen molar-refractivity contribution in [3.8, 4) is 0 Å². The van der Waals surface area contributed by atoms with Crippen LogP contribution >= 0.6 is 11.6 Å². The van der Waals surface area contributed by atoms with E-state index in [1.165, 1.54) is 24.5 Å². The Labute approximate surface area is 112 Å². The Morgan fingerprint density at radius 2 is 2.32 bits per heavy atom. The predicted octanol–water partition coefficient (Wildman–Crippen LogP) is 1.90. The summed E-state index contributed by atoms with van der Waals surface area (Å²) in [6.07, 6.45) is 3.09. The molecule has 0 spiro atoms. The Morgan fingerprint density at radius 3 is 2.89 bits per heavy atom. The van der Waals surface area contributed by atoms with Crippen molar-refractivity contribution in [3.05, 3.63) is 57.1 Å². The van der Waals surface area contributed by atoms with Crippen LogP contribution in [-0.2, 0) is 6.54 Å². The highest BCUT2D eigenvalue weighted by atomic mass is 35.5. The van der Waals surface area contributed by atoms with Crippen molar-refractivity contribution in [2.24, 2.45) is 0 Å². The van der Waals surface area contributed by atoms with Gasteiger partial charge in [0, 0.05) is 17.8 Å². The van der Waals surface area contributed by atoms with Crippen molar-refractivity contribution in [2.75, 3.05) is 0 Å². The van der Waals surface area contributed by atoms with Gasteiger partial charge in [-0.1, -0.05) is 11.6 Å². The van der Waals surface area contributed by atoms with E-state index in [4.69, 9.17) is 11.6 Å². The number of carbonyl (C=O) groups excluding carboxylic acids is 1. The highest BCUT2D eigenvalue weighted by Gasteiger charge is 2.15. The zero-order chi connectivity index (χ0) is 13.8. The number of aromatic nitrogens is 2. The number of rotatable bonds is 4. The lowest BCUT2D eigenvalue weighted by molar-refractivity contribution is -0.384. The molecule has 0 saturated heterocycles. The SMILES string of the molecule is O=C(NCc1cnc[nH]1)c1ccc([N+](=O)[O-])c(Cl)c1. The molecule has 0 fully saturated rings. The molecule has 98 valence electrons. The minimum absolute atomic E-state index is 0.0702. The number of benzene rings is 1. The first-order valence-corrected chi connectivity index (χ1v) is 5.65. The number of nitro benzene ring substituents is 1. The van der Waals surface area contributed by atoms with Crippen LogP contribution < -0.4 is 5.32 Å². The number of halogens is 1. The number of amides is 1. The average Bonchev–Trinajstić information content (AvgIpc) is 2.88. The van der Waals surface area contributed by atoms with Gasteiger partial charge in [0.15, 0.2) is 0 Å². The van der Waals surface area contributed by atoms with Gasteiger partial charge in [-0.15, -0.1) is 0 Å². The number of hydrogen-bond acceptors (Lipinski definition) is 4. The summed E-state index contributed by atoms with van der Waals surface area (Å²) in [7, 11) is 0. The smallest absolute Gasteiger partial charge is 0.287 e.